The highest BCUT2D eigenvalue weighted by molar-refractivity contribution is 5.93. The van der Waals surface area contributed by atoms with Gasteiger partial charge in [-0.1, -0.05) is 0 Å². The second kappa shape index (κ2) is 6.01. The Morgan fingerprint density at radius 1 is 1.40 bits per heavy atom. The van der Waals surface area contributed by atoms with Gasteiger partial charge in [-0.05, 0) is 30.7 Å². The fourth-order valence-corrected chi connectivity index (χ4v) is 1.85. The first-order valence-corrected chi connectivity index (χ1v) is 6.16. The molecule has 2 N–H and O–H groups in total. The highest BCUT2D eigenvalue weighted by atomic mass is 16.4. The maximum absolute atomic E-state index is 11.8. The van der Waals surface area contributed by atoms with Gasteiger partial charge in [-0.2, -0.15) is 0 Å². The lowest BCUT2D eigenvalue weighted by molar-refractivity contribution is -0.116. The number of nitrogens with zero attached hydrogens (tertiary/aromatic N) is 2. The Hall–Kier alpha value is -2.63. The zero-order chi connectivity index (χ0) is 14.5. The van der Waals surface area contributed by atoms with Gasteiger partial charge in [-0.15, -0.1) is 0 Å². The molecule has 104 valence electrons. The number of carbonyl (C=O) groups is 2. The number of benzene rings is 1. The van der Waals surface area contributed by atoms with Gasteiger partial charge in [-0.25, -0.2) is 9.78 Å². The fourth-order valence-electron chi connectivity index (χ4n) is 1.85. The van der Waals surface area contributed by atoms with Crippen molar-refractivity contribution in [2.45, 2.75) is 19.9 Å². The average molecular weight is 273 g/mol. The van der Waals surface area contributed by atoms with Crippen molar-refractivity contribution in [2.24, 2.45) is 0 Å². The Balaban J connectivity index is 1.94. The second-order valence-electron chi connectivity index (χ2n) is 4.43. The van der Waals surface area contributed by atoms with E-state index in [1.807, 2.05) is 4.57 Å². The van der Waals surface area contributed by atoms with E-state index in [2.05, 4.69) is 10.3 Å². The van der Waals surface area contributed by atoms with E-state index >= 15 is 0 Å². The van der Waals surface area contributed by atoms with Crippen LogP contribution in [0.15, 0.2) is 36.9 Å². The highest BCUT2D eigenvalue weighted by Gasteiger charge is 2.08. The molecular formula is C14H15N3O3. The van der Waals surface area contributed by atoms with Gasteiger partial charge in [0.15, 0.2) is 0 Å². The fraction of sp³-hybridized carbons (Fsp3) is 0.214. The van der Waals surface area contributed by atoms with Crippen molar-refractivity contribution >= 4 is 17.6 Å². The number of nitrogens with one attached hydrogen (secondary N) is 1. The Kier molecular flexibility index (Phi) is 4.14. The van der Waals surface area contributed by atoms with Crippen LogP contribution >= 0.6 is 0 Å². The number of carboxylic acids is 1. The van der Waals surface area contributed by atoms with E-state index in [0.29, 0.717) is 24.2 Å². The number of aryl methyl sites for hydroxylation is 2. The number of amides is 1. The van der Waals surface area contributed by atoms with Crippen molar-refractivity contribution in [2.75, 3.05) is 5.32 Å². The minimum absolute atomic E-state index is 0.124. The Bertz CT molecular complexity index is 621. The number of hydrogen-bond donors (Lipinski definition) is 2. The molecule has 0 spiro atoms. The van der Waals surface area contributed by atoms with Gasteiger partial charge < -0.3 is 15.0 Å². The van der Waals surface area contributed by atoms with Gasteiger partial charge in [0.05, 0.1) is 11.9 Å². The van der Waals surface area contributed by atoms with Gasteiger partial charge >= 0.3 is 5.97 Å². The van der Waals surface area contributed by atoms with Gasteiger partial charge in [0.25, 0.3) is 0 Å². The van der Waals surface area contributed by atoms with E-state index in [9.17, 15) is 9.59 Å². The molecule has 1 aromatic heterocycles. The zero-order valence-corrected chi connectivity index (χ0v) is 11.0. The van der Waals surface area contributed by atoms with Crippen molar-refractivity contribution in [1.29, 1.82) is 0 Å². The molecule has 6 nitrogen and oxygen atoms in total. The SMILES string of the molecule is Cc1cc(NC(=O)CCn2ccnc2)ccc1C(=O)O. The quantitative estimate of drug-likeness (QED) is 0.871. The van der Waals surface area contributed by atoms with Crippen LogP contribution in [0.3, 0.4) is 0 Å². The lowest BCUT2D eigenvalue weighted by Crippen LogP contribution is -2.14. The molecule has 0 saturated carbocycles. The number of aromatic nitrogens is 2. The van der Waals surface area contributed by atoms with Gasteiger partial charge in [0.1, 0.15) is 0 Å². The molecule has 1 amide bonds. The number of carbonyl (C=O) groups excluding carboxylic acids is 1. The molecule has 2 rings (SSSR count). The topological polar surface area (TPSA) is 84.2 Å². The summed E-state index contributed by atoms with van der Waals surface area (Å²) in [5.74, 6) is -1.10. The summed E-state index contributed by atoms with van der Waals surface area (Å²) in [6.07, 6.45) is 5.43. The number of aromatic carboxylic acids is 1. The average Bonchev–Trinajstić information content (AvgIpc) is 2.89. The van der Waals surface area contributed by atoms with E-state index in [-0.39, 0.29) is 11.5 Å². The van der Waals surface area contributed by atoms with Crippen molar-refractivity contribution in [1.82, 2.24) is 9.55 Å². The van der Waals surface area contributed by atoms with Crippen LogP contribution < -0.4 is 5.32 Å². The van der Waals surface area contributed by atoms with E-state index in [1.54, 1.807) is 37.8 Å². The molecule has 0 aliphatic carbocycles. The van der Waals surface area contributed by atoms with Gasteiger partial charge in [0, 0.05) is 31.0 Å². The summed E-state index contributed by atoms with van der Waals surface area (Å²) in [6.45, 7) is 2.25. The van der Waals surface area contributed by atoms with Crippen molar-refractivity contribution in [3.05, 3.63) is 48.0 Å². The standard InChI is InChI=1S/C14H15N3O3/c1-10-8-11(2-3-12(10)14(19)20)16-13(18)4-6-17-7-5-15-9-17/h2-3,5,7-9H,4,6H2,1H3,(H,16,18)(H,19,20). The van der Waals surface area contributed by atoms with Crippen molar-refractivity contribution < 1.29 is 14.7 Å². The van der Waals surface area contributed by atoms with Crippen LogP contribution in [0.1, 0.15) is 22.3 Å². The van der Waals surface area contributed by atoms with Crippen LogP contribution in [0, 0.1) is 6.92 Å². The lowest BCUT2D eigenvalue weighted by Gasteiger charge is -2.08. The molecule has 0 unspecified atom stereocenters. The summed E-state index contributed by atoms with van der Waals surface area (Å²) >= 11 is 0. The summed E-state index contributed by atoms with van der Waals surface area (Å²) in [5, 5.41) is 11.7. The second-order valence-corrected chi connectivity index (χ2v) is 4.43. The third-order valence-electron chi connectivity index (χ3n) is 2.90. The molecule has 0 aliphatic rings. The largest absolute Gasteiger partial charge is 0.478 e. The van der Waals surface area contributed by atoms with E-state index in [1.165, 1.54) is 6.07 Å². The normalized spacial score (nSPS) is 10.2. The molecule has 20 heavy (non-hydrogen) atoms. The van der Waals surface area contributed by atoms with Crippen LogP contribution in [-0.2, 0) is 11.3 Å². The number of carboxylic acid groups (broad SMARTS) is 1. The molecule has 0 aliphatic heterocycles. The van der Waals surface area contributed by atoms with Crippen LogP contribution in [-0.4, -0.2) is 26.5 Å². The third kappa shape index (κ3) is 3.44. The van der Waals surface area contributed by atoms with Crippen molar-refractivity contribution in [3.63, 3.8) is 0 Å². The number of hydrogen-bond acceptors (Lipinski definition) is 3. The zero-order valence-electron chi connectivity index (χ0n) is 11.0. The molecule has 0 fully saturated rings. The molecule has 6 heteroatoms. The Morgan fingerprint density at radius 3 is 2.80 bits per heavy atom. The minimum atomic E-state index is -0.972. The molecule has 1 heterocycles. The maximum Gasteiger partial charge on any atom is 0.335 e. The number of imidazole rings is 1. The predicted octanol–water partition coefficient (Wildman–Crippen LogP) is 1.92. The summed E-state index contributed by atoms with van der Waals surface area (Å²) in [4.78, 5) is 26.6. The maximum atomic E-state index is 11.8. The summed E-state index contributed by atoms with van der Waals surface area (Å²) < 4.78 is 1.82. The molecule has 0 saturated heterocycles. The van der Waals surface area contributed by atoms with E-state index in [4.69, 9.17) is 5.11 Å². The van der Waals surface area contributed by atoms with Crippen LogP contribution in [0.2, 0.25) is 0 Å². The van der Waals surface area contributed by atoms with Gasteiger partial charge in [0.2, 0.25) is 5.91 Å². The van der Waals surface area contributed by atoms with Crippen LogP contribution in [0.25, 0.3) is 0 Å². The molecule has 0 radical (unpaired) electrons. The first kappa shape index (κ1) is 13.8. The van der Waals surface area contributed by atoms with E-state index < -0.39 is 5.97 Å². The first-order valence-electron chi connectivity index (χ1n) is 6.16. The molecule has 2 aromatic rings. The van der Waals surface area contributed by atoms with Crippen LogP contribution in [0.4, 0.5) is 5.69 Å². The van der Waals surface area contributed by atoms with Crippen molar-refractivity contribution in [3.8, 4) is 0 Å². The third-order valence-corrected chi connectivity index (χ3v) is 2.90. The van der Waals surface area contributed by atoms with Gasteiger partial charge in [-0.3, -0.25) is 4.79 Å². The molecule has 0 atom stereocenters. The molecule has 1 aromatic carbocycles. The summed E-state index contributed by atoms with van der Waals surface area (Å²) in [5.41, 5.74) is 1.45. The van der Waals surface area contributed by atoms with Crippen LogP contribution in [0.5, 0.6) is 0 Å². The predicted molar refractivity (Wildman–Crippen MR) is 73.6 cm³/mol. The first-order chi connectivity index (χ1) is 9.56. The number of rotatable bonds is 5. The number of anilines is 1. The Morgan fingerprint density at radius 2 is 2.20 bits per heavy atom. The summed E-state index contributed by atoms with van der Waals surface area (Å²) in [6, 6.07) is 4.73. The molecular weight excluding hydrogens is 258 g/mol. The summed E-state index contributed by atoms with van der Waals surface area (Å²) in [7, 11) is 0. The minimum Gasteiger partial charge on any atom is -0.478 e. The monoisotopic (exact) mass is 273 g/mol. The molecule has 0 bridgehead atoms. The highest BCUT2D eigenvalue weighted by Crippen LogP contribution is 2.15. The smallest absolute Gasteiger partial charge is 0.335 e. The Labute approximate surface area is 116 Å². The van der Waals surface area contributed by atoms with E-state index in [0.717, 1.165) is 0 Å². The lowest BCUT2D eigenvalue weighted by atomic mass is 10.1.